The summed E-state index contributed by atoms with van der Waals surface area (Å²) in [5, 5.41) is 14.4. The van der Waals surface area contributed by atoms with Crippen LogP contribution in [0.15, 0.2) is 18.2 Å². The second-order valence-electron chi connectivity index (χ2n) is 8.12. The maximum absolute atomic E-state index is 14.2. The molecule has 1 aliphatic carbocycles. The molecule has 0 radical (unpaired) electrons. The molecule has 1 N–H and O–H groups in total. The van der Waals surface area contributed by atoms with Crippen LogP contribution in [0.5, 0.6) is 0 Å². The summed E-state index contributed by atoms with van der Waals surface area (Å²) >= 11 is 0. The van der Waals surface area contributed by atoms with Crippen molar-refractivity contribution in [3.05, 3.63) is 39.7 Å². The number of likely N-dealkylation sites (N-methyl/N-ethyl adjacent to an activating group) is 1. The molecule has 1 aromatic rings. The Morgan fingerprint density at radius 3 is 2.97 bits per heavy atom. The van der Waals surface area contributed by atoms with E-state index in [1.807, 2.05) is 0 Å². The lowest BCUT2D eigenvalue weighted by molar-refractivity contribution is -0.385. The highest BCUT2D eigenvalue weighted by Crippen LogP contribution is 2.35. The molecule has 0 bridgehead atoms. The summed E-state index contributed by atoms with van der Waals surface area (Å²) in [5.74, 6) is -0.428. The Kier molecular flexibility index (Phi) is 6.81. The normalized spacial score (nSPS) is 25.1. The lowest BCUT2D eigenvalue weighted by atomic mass is 9.78. The number of nitro groups is 1. The molecular formula is C20H29FN4O4. The second kappa shape index (κ2) is 9.15. The Balaban J connectivity index is 1.71. The van der Waals surface area contributed by atoms with Gasteiger partial charge in [-0.3, -0.25) is 19.8 Å². The average molecular weight is 408 g/mol. The number of hydrogen-bond acceptors (Lipinski definition) is 6. The molecule has 0 aromatic heterocycles. The van der Waals surface area contributed by atoms with Gasteiger partial charge < -0.3 is 15.0 Å². The molecule has 2 atom stereocenters. The Morgan fingerprint density at radius 2 is 2.24 bits per heavy atom. The minimum atomic E-state index is -0.507. The summed E-state index contributed by atoms with van der Waals surface area (Å²) in [5.41, 5.74) is -0.219. The number of nitro benzene ring substituents is 1. The third-order valence-corrected chi connectivity index (χ3v) is 5.90. The lowest BCUT2D eigenvalue weighted by Gasteiger charge is -2.50. The Labute approximate surface area is 170 Å². The van der Waals surface area contributed by atoms with E-state index in [1.165, 1.54) is 12.1 Å². The molecule has 3 rings (SSSR count). The summed E-state index contributed by atoms with van der Waals surface area (Å²) < 4.78 is 20.5. The molecule has 0 unspecified atom stereocenters. The second-order valence-corrected chi connectivity index (χ2v) is 8.12. The molecule has 2 fully saturated rings. The van der Waals surface area contributed by atoms with Gasteiger partial charge in [0.2, 0.25) is 5.91 Å². The van der Waals surface area contributed by atoms with E-state index in [-0.39, 0.29) is 24.2 Å². The Morgan fingerprint density at radius 1 is 1.45 bits per heavy atom. The molecule has 1 spiro atoms. The SMILES string of the molecule is CN(C)C(=O)CN[C@@H]1CCCC[C@@]12CN(Cc1cc([N+](=O)[O-])ccc1F)CCO2. The standard InChI is InChI=1S/C20H29FN4O4/c1-23(2)19(26)12-22-18-5-3-4-8-20(18)14-24(9-10-29-20)13-15-11-16(25(27)28)6-7-17(15)21/h6-7,11,18,22H,3-5,8-10,12-14H2,1-2H3/t18-,20-/m1/s1. The van der Waals surface area contributed by atoms with Crippen molar-refractivity contribution in [3.8, 4) is 0 Å². The summed E-state index contributed by atoms with van der Waals surface area (Å²) in [6, 6.07) is 3.69. The van der Waals surface area contributed by atoms with Crippen molar-refractivity contribution in [1.29, 1.82) is 0 Å². The van der Waals surface area contributed by atoms with Crippen molar-refractivity contribution in [2.75, 3.05) is 40.3 Å². The van der Waals surface area contributed by atoms with Gasteiger partial charge in [0.05, 0.1) is 23.7 Å². The van der Waals surface area contributed by atoms with Gasteiger partial charge in [0.1, 0.15) is 5.82 Å². The molecule has 29 heavy (non-hydrogen) atoms. The molecule has 1 heterocycles. The van der Waals surface area contributed by atoms with E-state index in [0.717, 1.165) is 31.7 Å². The zero-order chi connectivity index (χ0) is 21.0. The van der Waals surface area contributed by atoms with Crippen LogP contribution in [0.25, 0.3) is 0 Å². The number of benzene rings is 1. The molecule has 9 heteroatoms. The number of hydrogen-bond donors (Lipinski definition) is 1. The first kappa shape index (κ1) is 21.6. The number of ether oxygens (including phenoxy) is 1. The monoisotopic (exact) mass is 408 g/mol. The van der Waals surface area contributed by atoms with Crippen molar-refractivity contribution in [2.45, 2.75) is 43.9 Å². The molecule has 1 aliphatic heterocycles. The highest BCUT2D eigenvalue weighted by molar-refractivity contribution is 5.77. The predicted octanol–water partition coefficient (Wildman–Crippen LogP) is 1.93. The molecule has 1 saturated heterocycles. The largest absolute Gasteiger partial charge is 0.371 e. The van der Waals surface area contributed by atoms with E-state index in [9.17, 15) is 19.3 Å². The van der Waals surface area contributed by atoms with Crippen molar-refractivity contribution < 1.29 is 18.8 Å². The smallest absolute Gasteiger partial charge is 0.269 e. The lowest BCUT2D eigenvalue weighted by Crippen LogP contribution is -2.63. The third-order valence-electron chi connectivity index (χ3n) is 5.90. The number of non-ortho nitro benzene ring substituents is 1. The van der Waals surface area contributed by atoms with Gasteiger partial charge in [-0.1, -0.05) is 12.8 Å². The highest BCUT2D eigenvalue weighted by Gasteiger charge is 2.45. The fourth-order valence-corrected chi connectivity index (χ4v) is 4.28. The van der Waals surface area contributed by atoms with Gasteiger partial charge in [0.25, 0.3) is 5.69 Å². The van der Waals surface area contributed by atoms with Gasteiger partial charge in [0, 0.05) is 57.5 Å². The van der Waals surface area contributed by atoms with Gasteiger partial charge in [-0.2, -0.15) is 0 Å². The van der Waals surface area contributed by atoms with Crippen LogP contribution in [0.3, 0.4) is 0 Å². The minimum Gasteiger partial charge on any atom is -0.371 e. The minimum absolute atomic E-state index is 0.0112. The molecule has 160 valence electrons. The van der Waals surface area contributed by atoms with Crippen LogP contribution in [-0.4, -0.2) is 72.6 Å². The van der Waals surface area contributed by atoms with E-state index in [1.54, 1.807) is 19.0 Å². The fourth-order valence-electron chi connectivity index (χ4n) is 4.28. The first-order valence-corrected chi connectivity index (χ1v) is 10.0. The third kappa shape index (κ3) is 5.09. The highest BCUT2D eigenvalue weighted by atomic mass is 19.1. The van der Waals surface area contributed by atoms with Gasteiger partial charge in [-0.05, 0) is 18.9 Å². The van der Waals surface area contributed by atoms with Crippen LogP contribution in [0.1, 0.15) is 31.2 Å². The molecular weight excluding hydrogens is 379 g/mol. The number of amides is 1. The zero-order valence-electron chi connectivity index (χ0n) is 17.0. The van der Waals surface area contributed by atoms with E-state index >= 15 is 0 Å². The summed E-state index contributed by atoms with van der Waals surface area (Å²) in [7, 11) is 3.46. The quantitative estimate of drug-likeness (QED) is 0.572. The molecule has 1 amide bonds. The van der Waals surface area contributed by atoms with E-state index in [4.69, 9.17) is 4.74 Å². The van der Waals surface area contributed by atoms with Gasteiger partial charge in [0.15, 0.2) is 0 Å². The van der Waals surface area contributed by atoms with Crippen LogP contribution in [0.2, 0.25) is 0 Å². The van der Waals surface area contributed by atoms with Crippen molar-refractivity contribution in [1.82, 2.24) is 15.1 Å². The molecule has 1 aromatic carbocycles. The summed E-state index contributed by atoms with van der Waals surface area (Å²) in [6.45, 7) is 2.29. The van der Waals surface area contributed by atoms with E-state index in [0.29, 0.717) is 31.8 Å². The van der Waals surface area contributed by atoms with E-state index < -0.39 is 16.3 Å². The number of rotatable bonds is 6. The van der Waals surface area contributed by atoms with Gasteiger partial charge in [-0.25, -0.2) is 4.39 Å². The van der Waals surface area contributed by atoms with Crippen LogP contribution in [0.4, 0.5) is 10.1 Å². The number of carbonyl (C=O) groups is 1. The van der Waals surface area contributed by atoms with Crippen molar-refractivity contribution >= 4 is 11.6 Å². The topological polar surface area (TPSA) is 88.0 Å². The predicted molar refractivity (Wildman–Crippen MR) is 106 cm³/mol. The summed E-state index contributed by atoms with van der Waals surface area (Å²) in [4.78, 5) is 26.2. The molecule has 1 saturated carbocycles. The number of halogens is 1. The fraction of sp³-hybridized carbons (Fsp3) is 0.650. The molecule has 8 nitrogen and oxygen atoms in total. The van der Waals surface area contributed by atoms with Gasteiger partial charge in [-0.15, -0.1) is 0 Å². The molecule has 2 aliphatic rings. The van der Waals surface area contributed by atoms with Crippen molar-refractivity contribution in [2.24, 2.45) is 0 Å². The number of nitrogens with one attached hydrogen (secondary N) is 1. The number of carbonyl (C=O) groups excluding carboxylic acids is 1. The van der Waals surface area contributed by atoms with Gasteiger partial charge >= 0.3 is 0 Å². The summed E-state index contributed by atoms with van der Waals surface area (Å²) in [6.07, 6.45) is 3.89. The van der Waals surface area contributed by atoms with Crippen molar-refractivity contribution in [3.63, 3.8) is 0 Å². The van der Waals surface area contributed by atoms with Crippen LogP contribution in [-0.2, 0) is 16.1 Å². The number of nitrogens with zero attached hydrogens (tertiary/aromatic N) is 3. The Hall–Kier alpha value is -2.10. The number of morpholine rings is 1. The first-order chi connectivity index (χ1) is 13.8. The zero-order valence-corrected chi connectivity index (χ0v) is 17.0. The Bertz CT molecular complexity index is 756. The maximum Gasteiger partial charge on any atom is 0.269 e. The first-order valence-electron chi connectivity index (χ1n) is 10.0. The maximum atomic E-state index is 14.2. The van der Waals surface area contributed by atoms with Crippen LogP contribution >= 0.6 is 0 Å². The van der Waals surface area contributed by atoms with E-state index in [2.05, 4.69) is 10.2 Å². The average Bonchev–Trinajstić information content (AvgIpc) is 2.68. The van der Waals surface area contributed by atoms with Crippen LogP contribution in [0, 0.1) is 15.9 Å². The van der Waals surface area contributed by atoms with Crippen LogP contribution < -0.4 is 5.32 Å².